The minimum atomic E-state index is -0.318. The number of hydrogen-bond donors (Lipinski definition) is 0. The minimum Gasteiger partial charge on any atom is -0.496 e. The second kappa shape index (κ2) is 9.73. The number of carbonyl (C=O) groups excluding carboxylic acids is 2. The highest BCUT2D eigenvalue weighted by molar-refractivity contribution is 5.98. The van der Waals surface area contributed by atoms with E-state index in [4.69, 9.17) is 9.37 Å². The molecule has 2 amide bonds. The monoisotopic (exact) mass is 479 g/mol. The van der Waals surface area contributed by atoms with Crippen molar-refractivity contribution in [3.63, 3.8) is 0 Å². The number of ether oxygens (including phenoxy) is 1. The number of aryl methyl sites for hydroxylation is 3. The Morgan fingerprint density at radius 2 is 1.77 bits per heavy atom. The molecular weight excluding hydrogens is 450 g/mol. The Hall–Kier alpha value is -3.95. The number of benzene rings is 1. The van der Waals surface area contributed by atoms with Crippen LogP contribution in [0.15, 0.2) is 33.7 Å². The molecule has 0 saturated heterocycles. The molecule has 1 aliphatic heterocycles. The Bertz CT molecular complexity index is 1320. The van der Waals surface area contributed by atoms with Gasteiger partial charge in [-0.3, -0.25) is 14.4 Å². The van der Waals surface area contributed by atoms with Gasteiger partial charge in [-0.05, 0) is 32.9 Å². The fourth-order valence-corrected chi connectivity index (χ4v) is 4.50. The first kappa shape index (κ1) is 24.2. The van der Waals surface area contributed by atoms with Crippen LogP contribution in [0.4, 0.5) is 0 Å². The van der Waals surface area contributed by atoms with Crippen molar-refractivity contribution < 1.29 is 19.0 Å². The topological polar surface area (TPSA) is 111 Å². The quantitative estimate of drug-likeness (QED) is 0.551. The van der Waals surface area contributed by atoms with Crippen LogP contribution in [0.2, 0.25) is 0 Å². The number of hydrogen-bond acceptors (Lipinski definition) is 7. The van der Waals surface area contributed by atoms with Gasteiger partial charge in [0, 0.05) is 50.4 Å². The van der Waals surface area contributed by atoms with Gasteiger partial charge in [-0.25, -0.2) is 4.63 Å². The first-order chi connectivity index (χ1) is 16.7. The van der Waals surface area contributed by atoms with E-state index in [1.165, 1.54) is 18.1 Å². The molecule has 0 aliphatic carbocycles. The minimum absolute atomic E-state index is 0.0939. The lowest BCUT2D eigenvalue weighted by molar-refractivity contribution is 0.0758. The Morgan fingerprint density at radius 3 is 2.40 bits per heavy atom. The van der Waals surface area contributed by atoms with Crippen LogP contribution in [0, 0.1) is 20.8 Å². The number of pyridine rings is 1. The van der Waals surface area contributed by atoms with Gasteiger partial charge in [0.05, 0.1) is 13.7 Å². The third kappa shape index (κ3) is 4.82. The molecular formula is C25H29N5O5. The molecule has 0 atom stereocenters. The molecule has 0 N–H and O–H groups in total. The van der Waals surface area contributed by atoms with Gasteiger partial charge < -0.3 is 19.1 Å². The number of amides is 2. The summed E-state index contributed by atoms with van der Waals surface area (Å²) < 4.78 is 11.8. The van der Waals surface area contributed by atoms with Gasteiger partial charge in [-0.1, -0.05) is 27.5 Å². The second-order valence-corrected chi connectivity index (χ2v) is 8.90. The predicted molar refractivity (Wildman–Crippen MR) is 128 cm³/mol. The lowest BCUT2D eigenvalue weighted by Crippen LogP contribution is -2.34. The average Bonchev–Trinajstić information content (AvgIpc) is 3.08. The standard InChI is InChI=1S/C25H29N5O5/c1-15-10-16(2)12-18(11-15)24(32)29-7-6-20-23(21(34-5)13-22(31)30(20)9-8-29)25(33)28(4)14-19-17(3)26-35-27-19/h10-13H,6-9,14H2,1-5H3. The van der Waals surface area contributed by atoms with Gasteiger partial charge in [0.15, 0.2) is 0 Å². The highest BCUT2D eigenvalue weighted by Crippen LogP contribution is 2.25. The van der Waals surface area contributed by atoms with Gasteiger partial charge in [0.2, 0.25) is 0 Å². The largest absolute Gasteiger partial charge is 0.496 e. The van der Waals surface area contributed by atoms with Crippen molar-refractivity contribution in [2.75, 3.05) is 27.2 Å². The summed E-state index contributed by atoms with van der Waals surface area (Å²) in [5.74, 6) is -0.201. The normalized spacial score (nSPS) is 13.2. The van der Waals surface area contributed by atoms with E-state index in [1.54, 1.807) is 23.4 Å². The van der Waals surface area contributed by atoms with Gasteiger partial charge in [-0.15, -0.1) is 0 Å². The average molecular weight is 480 g/mol. The molecule has 1 aliphatic rings. The first-order valence-corrected chi connectivity index (χ1v) is 11.4. The summed E-state index contributed by atoms with van der Waals surface area (Å²) in [7, 11) is 3.07. The van der Waals surface area contributed by atoms with E-state index in [0.29, 0.717) is 47.7 Å². The van der Waals surface area contributed by atoms with Crippen LogP contribution in [0.5, 0.6) is 5.75 Å². The predicted octanol–water partition coefficient (Wildman–Crippen LogP) is 2.14. The molecule has 10 heteroatoms. The lowest BCUT2D eigenvalue weighted by atomic mass is 10.1. The van der Waals surface area contributed by atoms with Crippen LogP contribution >= 0.6 is 0 Å². The second-order valence-electron chi connectivity index (χ2n) is 8.90. The third-order valence-electron chi connectivity index (χ3n) is 6.26. The van der Waals surface area contributed by atoms with E-state index < -0.39 is 0 Å². The third-order valence-corrected chi connectivity index (χ3v) is 6.26. The number of methoxy groups -OCH3 is 1. The number of rotatable bonds is 5. The summed E-state index contributed by atoms with van der Waals surface area (Å²) in [6, 6.07) is 7.08. The van der Waals surface area contributed by atoms with Crippen molar-refractivity contribution in [2.45, 2.75) is 40.3 Å². The van der Waals surface area contributed by atoms with E-state index in [2.05, 4.69) is 10.3 Å². The number of nitrogens with zero attached hydrogens (tertiary/aromatic N) is 5. The number of aromatic nitrogens is 3. The van der Waals surface area contributed by atoms with E-state index in [-0.39, 0.29) is 36.2 Å². The van der Waals surface area contributed by atoms with Gasteiger partial charge in [0.1, 0.15) is 22.7 Å². The summed E-state index contributed by atoms with van der Waals surface area (Å²) in [6.45, 7) is 6.86. The molecule has 0 radical (unpaired) electrons. The molecule has 3 heterocycles. The fourth-order valence-electron chi connectivity index (χ4n) is 4.50. The maximum Gasteiger partial charge on any atom is 0.259 e. The first-order valence-electron chi connectivity index (χ1n) is 11.4. The smallest absolute Gasteiger partial charge is 0.259 e. The zero-order valence-corrected chi connectivity index (χ0v) is 20.6. The van der Waals surface area contributed by atoms with Crippen LogP contribution in [-0.2, 0) is 19.5 Å². The molecule has 4 rings (SSSR count). The summed E-state index contributed by atoms with van der Waals surface area (Å²) in [5, 5.41) is 7.61. The SMILES string of the molecule is COc1cc(=O)n2c(c1C(=O)N(C)Cc1nonc1C)CCN(C(=O)c1cc(C)cc(C)c1)CC2. The van der Waals surface area contributed by atoms with Crippen LogP contribution in [0.3, 0.4) is 0 Å². The molecule has 10 nitrogen and oxygen atoms in total. The van der Waals surface area contributed by atoms with E-state index in [0.717, 1.165) is 11.1 Å². The molecule has 1 aromatic carbocycles. The van der Waals surface area contributed by atoms with Crippen LogP contribution in [-0.4, -0.2) is 63.7 Å². The molecule has 0 spiro atoms. The zero-order valence-electron chi connectivity index (χ0n) is 20.6. The van der Waals surface area contributed by atoms with Crippen molar-refractivity contribution in [1.82, 2.24) is 24.7 Å². The summed E-state index contributed by atoms with van der Waals surface area (Å²) >= 11 is 0. The molecule has 0 saturated carbocycles. The molecule has 0 fully saturated rings. The number of carbonyl (C=O) groups is 2. The van der Waals surface area contributed by atoms with Gasteiger partial charge >= 0.3 is 0 Å². The Balaban J connectivity index is 1.65. The van der Waals surface area contributed by atoms with Crippen molar-refractivity contribution in [3.8, 4) is 5.75 Å². The zero-order chi connectivity index (χ0) is 25.3. The Labute approximate surface area is 203 Å². The molecule has 184 valence electrons. The molecule has 2 aromatic heterocycles. The number of fused-ring (bicyclic) bond motifs is 1. The summed E-state index contributed by atoms with van der Waals surface area (Å²) in [5.41, 5.74) is 4.38. The molecule has 3 aromatic rings. The maximum atomic E-state index is 13.5. The molecule has 0 unspecified atom stereocenters. The van der Waals surface area contributed by atoms with Crippen molar-refractivity contribution in [2.24, 2.45) is 0 Å². The Kier molecular flexibility index (Phi) is 6.72. The van der Waals surface area contributed by atoms with E-state index in [1.807, 2.05) is 32.0 Å². The molecule has 0 bridgehead atoms. The maximum absolute atomic E-state index is 13.5. The summed E-state index contributed by atoms with van der Waals surface area (Å²) in [6.07, 6.45) is 0.336. The van der Waals surface area contributed by atoms with Crippen LogP contribution in [0.25, 0.3) is 0 Å². The summed E-state index contributed by atoms with van der Waals surface area (Å²) in [4.78, 5) is 42.9. The van der Waals surface area contributed by atoms with Gasteiger partial charge in [0.25, 0.3) is 17.4 Å². The van der Waals surface area contributed by atoms with E-state index >= 15 is 0 Å². The lowest BCUT2D eigenvalue weighted by Gasteiger charge is -2.21. The fraction of sp³-hybridized carbons (Fsp3) is 0.400. The van der Waals surface area contributed by atoms with Crippen molar-refractivity contribution in [3.05, 3.63) is 74.0 Å². The highest BCUT2D eigenvalue weighted by Gasteiger charge is 2.29. The van der Waals surface area contributed by atoms with Crippen molar-refractivity contribution >= 4 is 11.8 Å². The van der Waals surface area contributed by atoms with Crippen LogP contribution in [0.1, 0.15) is 48.9 Å². The van der Waals surface area contributed by atoms with Gasteiger partial charge in [-0.2, -0.15) is 0 Å². The van der Waals surface area contributed by atoms with Crippen molar-refractivity contribution in [1.29, 1.82) is 0 Å². The van der Waals surface area contributed by atoms with E-state index in [9.17, 15) is 14.4 Å². The molecule has 35 heavy (non-hydrogen) atoms. The van der Waals surface area contributed by atoms with Crippen LogP contribution < -0.4 is 10.3 Å². The highest BCUT2D eigenvalue weighted by atomic mass is 16.6. The Morgan fingerprint density at radius 1 is 1.06 bits per heavy atom.